The molecule has 3 aromatic rings. The minimum Gasteiger partial charge on any atom is -0.493 e. The lowest BCUT2D eigenvalue weighted by Gasteiger charge is -2.30. The molecule has 0 radical (unpaired) electrons. The molecule has 2 unspecified atom stereocenters. The normalized spacial score (nSPS) is 20.2. The molecule has 5 rings (SSSR count). The summed E-state index contributed by atoms with van der Waals surface area (Å²) in [5, 5.41) is 0.390. The van der Waals surface area contributed by atoms with Crippen molar-refractivity contribution in [3.05, 3.63) is 69.1 Å². The maximum absolute atomic E-state index is 13.8. The molecule has 0 N–H and O–H groups in total. The Hall–Kier alpha value is -3.33. The number of carbonyl (C=O) groups excluding carboxylic acids is 1. The Labute approximate surface area is 222 Å². The van der Waals surface area contributed by atoms with E-state index < -0.39 is 27.8 Å². The topological polar surface area (TPSA) is 103 Å². The highest BCUT2D eigenvalue weighted by atomic mass is 32.2. The average Bonchev–Trinajstić information content (AvgIpc) is 3.40. The van der Waals surface area contributed by atoms with Gasteiger partial charge in [0.2, 0.25) is 5.76 Å². The Morgan fingerprint density at radius 3 is 2.58 bits per heavy atom. The Morgan fingerprint density at radius 1 is 1.05 bits per heavy atom. The van der Waals surface area contributed by atoms with Gasteiger partial charge in [-0.3, -0.25) is 9.59 Å². The van der Waals surface area contributed by atoms with Gasteiger partial charge in [-0.2, -0.15) is 0 Å². The van der Waals surface area contributed by atoms with Gasteiger partial charge >= 0.3 is 0 Å². The van der Waals surface area contributed by atoms with Crippen LogP contribution in [0, 0.1) is 6.92 Å². The molecule has 9 heteroatoms. The Morgan fingerprint density at radius 2 is 1.87 bits per heavy atom. The number of benzene rings is 2. The number of rotatable bonds is 9. The third kappa shape index (κ3) is 4.79. The average molecular weight is 540 g/mol. The maximum Gasteiger partial charge on any atom is 0.291 e. The molecule has 2 aliphatic heterocycles. The van der Waals surface area contributed by atoms with Gasteiger partial charge in [-0.15, -0.1) is 0 Å². The van der Waals surface area contributed by atoms with E-state index in [-0.39, 0.29) is 28.3 Å². The molecule has 0 bridgehead atoms. The molecule has 1 fully saturated rings. The molecule has 0 aliphatic carbocycles. The number of nitrogens with zero attached hydrogens (tertiary/aromatic N) is 1. The van der Waals surface area contributed by atoms with Crippen LogP contribution in [-0.4, -0.2) is 50.5 Å². The van der Waals surface area contributed by atoms with Gasteiger partial charge in [-0.25, -0.2) is 8.42 Å². The summed E-state index contributed by atoms with van der Waals surface area (Å²) in [7, 11) is -1.74. The van der Waals surface area contributed by atoms with Gasteiger partial charge in [-0.1, -0.05) is 43.9 Å². The molecular formula is C29H33NO7S. The van der Waals surface area contributed by atoms with Crippen molar-refractivity contribution in [1.82, 2.24) is 4.90 Å². The molecule has 2 aromatic carbocycles. The fourth-order valence-corrected chi connectivity index (χ4v) is 7.20. The largest absolute Gasteiger partial charge is 0.493 e. The van der Waals surface area contributed by atoms with Crippen molar-refractivity contribution in [3.8, 4) is 11.5 Å². The first-order valence-electron chi connectivity index (χ1n) is 13.1. The van der Waals surface area contributed by atoms with Gasteiger partial charge in [0, 0.05) is 6.04 Å². The van der Waals surface area contributed by atoms with Crippen LogP contribution in [0.15, 0.2) is 45.6 Å². The molecule has 1 amide bonds. The second-order valence-electron chi connectivity index (χ2n) is 10.2. The molecule has 1 saturated heterocycles. The summed E-state index contributed by atoms with van der Waals surface area (Å²) < 4.78 is 42.3. The van der Waals surface area contributed by atoms with E-state index in [0.717, 1.165) is 31.2 Å². The van der Waals surface area contributed by atoms with Gasteiger partial charge in [0.1, 0.15) is 5.58 Å². The van der Waals surface area contributed by atoms with Crippen molar-refractivity contribution >= 4 is 26.7 Å². The molecule has 8 nitrogen and oxygen atoms in total. The van der Waals surface area contributed by atoms with E-state index in [1.807, 2.05) is 19.1 Å². The number of carbonyl (C=O) groups is 1. The molecule has 2 atom stereocenters. The third-order valence-corrected chi connectivity index (χ3v) is 9.17. The monoisotopic (exact) mass is 539 g/mol. The quantitative estimate of drug-likeness (QED) is 0.360. The van der Waals surface area contributed by atoms with Gasteiger partial charge in [0.15, 0.2) is 26.8 Å². The lowest BCUT2D eigenvalue weighted by molar-refractivity contribution is 0.0662. The van der Waals surface area contributed by atoms with Crippen LogP contribution in [0.4, 0.5) is 0 Å². The second kappa shape index (κ2) is 10.4. The highest BCUT2D eigenvalue weighted by molar-refractivity contribution is 7.91. The summed E-state index contributed by atoms with van der Waals surface area (Å²) in [5.41, 5.74) is 1.80. The van der Waals surface area contributed by atoms with Crippen LogP contribution in [0.2, 0.25) is 0 Å². The van der Waals surface area contributed by atoms with Crippen LogP contribution in [-0.2, 0) is 9.84 Å². The van der Waals surface area contributed by atoms with Crippen molar-refractivity contribution in [3.63, 3.8) is 0 Å². The fourth-order valence-electron chi connectivity index (χ4n) is 5.49. The van der Waals surface area contributed by atoms with Crippen molar-refractivity contribution in [2.24, 2.45) is 0 Å². The zero-order valence-corrected chi connectivity index (χ0v) is 22.8. The Bertz CT molecular complexity index is 1540. The predicted molar refractivity (Wildman–Crippen MR) is 145 cm³/mol. The van der Waals surface area contributed by atoms with E-state index in [0.29, 0.717) is 41.1 Å². The highest BCUT2D eigenvalue weighted by Gasteiger charge is 2.48. The second-order valence-corrected chi connectivity index (χ2v) is 12.4. The Kier molecular flexibility index (Phi) is 7.22. The number of hydrogen-bond donors (Lipinski definition) is 0. The number of aryl methyl sites for hydroxylation is 1. The van der Waals surface area contributed by atoms with Gasteiger partial charge in [0.05, 0.1) is 42.2 Å². The van der Waals surface area contributed by atoms with E-state index in [4.69, 9.17) is 13.9 Å². The van der Waals surface area contributed by atoms with Crippen molar-refractivity contribution < 1.29 is 27.1 Å². The minimum absolute atomic E-state index is 0.00118. The standard InChI is InChI=1S/C29H33NO7S/c1-4-5-6-7-13-36-23-11-9-19(16-24(23)35-3)26-25-27(31)21-15-18(2)8-10-22(21)37-28(25)29(32)30(26)20-12-14-38(33,34)17-20/h8-11,15-16,20,26H,4-7,12-14,17H2,1-3H3. The van der Waals surface area contributed by atoms with Gasteiger partial charge in [0.25, 0.3) is 5.91 Å². The zero-order chi connectivity index (χ0) is 27.0. The molecule has 0 spiro atoms. The molecule has 38 heavy (non-hydrogen) atoms. The van der Waals surface area contributed by atoms with Crippen LogP contribution >= 0.6 is 0 Å². The summed E-state index contributed by atoms with van der Waals surface area (Å²) in [5.74, 6) is 0.415. The zero-order valence-electron chi connectivity index (χ0n) is 22.0. The number of methoxy groups -OCH3 is 1. The maximum atomic E-state index is 13.8. The van der Waals surface area contributed by atoms with Crippen LogP contribution < -0.4 is 14.9 Å². The molecule has 202 valence electrons. The SMILES string of the molecule is CCCCCCOc1ccc(C2c3c(oc4ccc(C)cc4c3=O)C(=O)N2C2CCS(=O)(=O)C2)cc1OC. The summed E-state index contributed by atoms with van der Waals surface area (Å²) in [6.07, 6.45) is 4.61. The van der Waals surface area contributed by atoms with E-state index in [9.17, 15) is 18.0 Å². The van der Waals surface area contributed by atoms with Crippen molar-refractivity contribution in [2.75, 3.05) is 25.2 Å². The predicted octanol–water partition coefficient (Wildman–Crippen LogP) is 4.80. The fraction of sp³-hybridized carbons (Fsp3) is 0.448. The number of amides is 1. The number of ether oxygens (including phenoxy) is 2. The van der Waals surface area contributed by atoms with E-state index >= 15 is 0 Å². The number of fused-ring (bicyclic) bond motifs is 2. The first-order valence-corrected chi connectivity index (χ1v) is 15.0. The smallest absolute Gasteiger partial charge is 0.291 e. The molecule has 3 heterocycles. The van der Waals surface area contributed by atoms with Crippen LogP contribution in [0.5, 0.6) is 11.5 Å². The van der Waals surface area contributed by atoms with E-state index in [2.05, 4.69) is 6.92 Å². The van der Waals surface area contributed by atoms with E-state index in [1.165, 1.54) is 4.90 Å². The molecule has 0 saturated carbocycles. The summed E-state index contributed by atoms with van der Waals surface area (Å²) in [6.45, 7) is 4.60. The first-order chi connectivity index (χ1) is 18.2. The van der Waals surface area contributed by atoms with Gasteiger partial charge < -0.3 is 18.8 Å². The van der Waals surface area contributed by atoms with Crippen molar-refractivity contribution in [1.29, 1.82) is 0 Å². The number of hydrogen-bond acceptors (Lipinski definition) is 7. The van der Waals surface area contributed by atoms with Crippen molar-refractivity contribution in [2.45, 2.75) is 58.0 Å². The first kappa shape index (κ1) is 26.3. The summed E-state index contributed by atoms with van der Waals surface area (Å²) in [6, 6.07) is 9.26. The highest BCUT2D eigenvalue weighted by Crippen LogP contribution is 2.43. The molecule has 1 aromatic heterocycles. The van der Waals surface area contributed by atoms with Crippen LogP contribution in [0.1, 0.15) is 72.3 Å². The number of sulfone groups is 1. The van der Waals surface area contributed by atoms with Gasteiger partial charge in [-0.05, 0) is 49.6 Å². The molecular weight excluding hydrogens is 506 g/mol. The lowest BCUT2D eigenvalue weighted by atomic mass is 9.97. The minimum atomic E-state index is -3.29. The number of unbranched alkanes of at least 4 members (excludes halogenated alkanes) is 3. The lowest BCUT2D eigenvalue weighted by Crippen LogP contribution is -2.40. The Balaban J connectivity index is 1.60. The van der Waals surface area contributed by atoms with Crippen LogP contribution in [0.25, 0.3) is 11.0 Å². The molecule has 2 aliphatic rings. The van der Waals surface area contributed by atoms with Crippen LogP contribution in [0.3, 0.4) is 0 Å². The summed E-state index contributed by atoms with van der Waals surface area (Å²) in [4.78, 5) is 29.1. The third-order valence-electron chi connectivity index (χ3n) is 7.42. The summed E-state index contributed by atoms with van der Waals surface area (Å²) >= 11 is 0. The van der Waals surface area contributed by atoms with E-state index in [1.54, 1.807) is 31.4 Å².